The van der Waals surface area contributed by atoms with Crippen LogP contribution in [0.5, 0.6) is 0 Å². The molecule has 0 nitrogen and oxygen atoms in total. The zero-order valence-corrected chi connectivity index (χ0v) is 9.10. The minimum absolute atomic E-state index is 0.653. The first-order valence-corrected chi connectivity index (χ1v) is 6.08. The standard InChI is InChI=1S/C8H9BrSe/c1-2-10-8-6-4-3-5-7(8)9/h3-6H,2H2,1H3. The molecule has 0 aliphatic heterocycles. The molecule has 1 aromatic carbocycles. The van der Waals surface area contributed by atoms with E-state index in [1.54, 1.807) is 0 Å². The van der Waals surface area contributed by atoms with Crippen LogP contribution in [0.15, 0.2) is 28.7 Å². The van der Waals surface area contributed by atoms with Gasteiger partial charge in [0, 0.05) is 0 Å². The van der Waals surface area contributed by atoms with Crippen LogP contribution in [0.4, 0.5) is 0 Å². The molecule has 0 spiro atoms. The van der Waals surface area contributed by atoms with E-state index in [9.17, 15) is 0 Å². The van der Waals surface area contributed by atoms with E-state index in [1.165, 1.54) is 14.3 Å². The number of benzene rings is 1. The molecule has 0 aliphatic rings. The summed E-state index contributed by atoms with van der Waals surface area (Å²) in [5, 5.41) is 1.27. The molecule has 1 rings (SSSR count). The van der Waals surface area contributed by atoms with E-state index >= 15 is 0 Å². The average Bonchev–Trinajstić information content (AvgIpc) is 1.94. The van der Waals surface area contributed by atoms with Gasteiger partial charge in [-0.05, 0) is 0 Å². The summed E-state index contributed by atoms with van der Waals surface area (Å²) < 4.78 is 2.73. The number of hydrogen-bond acceptors (Lipinski definition) is 0. The molecule has 0 fully saturated rings. The zero-order valence-electron chi connectivity index (χ0n) is 5.80. The fourth-order valence-electron chi connectivity index (χ4n) is 0.717. The van der Waals surface area contributed by atoms with Crippen molar-refractivity contribution in [1.82, 2.24) is 0 Å². The van der Waals surface area contributed by atoms with Crippen molar-refractivity contribution in [1.29, 1.82) is 0 Å². The zero-order chi connectivity index (χ0) is 7.40. The number of hydrogen-bond donors (Lipinski definition) is 0. The quantitative estimate of drug-likeness (QED) is 0.718. The van der Waals surface area contributed by atoms with Gasteiger partial charge in [0.05, 0.1) is 0 Å². The molecule has 0 atom stereocenters. The van der Waals surface area contributed by atoms with Crippen LogP contribution in [0.3, 0.4) is 0 Å². The van der Waals surface area contributed by atoms with Gasteiger partial charge in [0.2, 0.25) is 0 Å². The Morgan fingerprint density at radius 3 is 2.70 bits per heavy atom. The summed E-state index contributed by atoms with van der Waals surface area (Å²) in [5.41, 5.74) is 0. The van der Waals surface area contributed by atoms with E-state index in [0.29, 0.717) is 15.0 Å². The Morgan fingerprint density at radius 2 is 2.10 bits per heavy atom. The first-order valence-electron chi connectivity index (χ1n) is 3.22. The van der Waals surface area contributed by atoms with Crippen LogP contribution >= 0.6 is 15.9 Å². The maximum absolute atomic E-state index is 3.51. The van der Waals surface area contributed by atoms with Gasteiger partial charge >= 0.3 is 76.3 Å². The van der Waals surface area contributed by atoms with Crippen LogP contribution < -0.4 is 4.46 Å². The van der Waals surface area contributed by atoms with Crippen LogP contribution in [0.2, 0.25) is 5.32 Å². The van der Waals surface area contributed by atoms with Gasteiger partial charge in [-0.25, -0.2) is 0 Å². The molecular formula is C8H9BrSe. The van der Waals surface area contributed by atoms with E-state index < -0.39 is 0 Å². The minimum atomic E-state index is 0.653. The van der Waals surface area contributed by atoms with Crippen molar-refractivity contribution in [2.24, 2.45) is 0 Å². The summed E-state index contributed by atoms with van der Waals surface area (Å²) in [6, 6.07) is 8.44. The van der Waals surface area contributed by atoms with E-state index in [1.807, 2.05) is 0 Å². The molecule has 0 unspecified atom stereocenters. The molecule has 0 aliphatic carbocycles. The Bertz CT molecular complexity index is 210. The van der Waals surface area contributed by atoms with Gasteiger partial charge in [-0.15, -0.1) is 0 Å². The van der Waals surface area contributed by atoms with Crippen molar-refractivity contribution in [2.75, 3.05) is 0 Å². The van der Waals surface area contributed by atoms with Gasteiger partial charge < -0.3 is 0 Å². The summed E-state index contributed by atoms with van der Waals surface area (Å²) in [6.45, 7) is 2.22. The van der Waals surface area contributed by atoms with Crippen LogP contribution in [0.25, 0.3) is 0 Å². The predicted octanol–water partition coefficient (Wildman–Crippen LogP) is 2.22. The van der Waals surface area contributed by atoms with Gasteiger partial charge in [-0.1, -0.05) is 0 Å². The fraction of sp³-hybridized carbons (Fsp3) is 0.250. The summed E-state index contributed by atoms with van der Waals surface area (Å²) in [4.78, 5) is 0. The van der Waals surface area contributed by atoms with E-state index in [-0.39, 0.29) is 0 Å². The van der Waals surface area contributed by atoms with Gasteiger partial charge in [-0.3, -0.25) is 0 Å². The van der Waals surface area contributed by atoms with Crippen molar-refractivity contribution in [3.63, 3.8) is 0 Å². The van der Waals surface area contributed by atoms with Crippen molar-refractivity contribution >= 4 is 35.3 Å². The van der Waals surface area contributed by atoms with Crippen molar-refractivity contribution in [3.05, 3.63) is 28.7 Å². The Hall–Kier alpha value is 0.219. The van der Waals surface area contributed by atoms with Gasteiger partial charge in [-0.2, -0.15) is 0 Å². The summed E-state index contributed by atoms with van der Waals surface area (Å²) in [7, 11) is 0. The third-order valence-electron chi connectivity index (χ3n) is 1.14. The van der Waals surface area contributed by atoms with Crippen molar-refractivity contribution in [3.8, 4) is 0 Å². The Balaban J connectivity index is 2.81. The summed E-state index contributed by atoms with van der Waals surface area (Å²) in [6.07, 6.45) is 0. The monoisotopic (exact) mass is 264 g/mol. The molecule has 10 heavy (non-hydrogen) atoms. The second kappa shape index (κ2) is 4.17. The SMILES string of the molecule is CC[Se]c1ccccc1Br. The topological polar surface area (TPSA) is 0 Å². The van der Waals surface area contributed by atoms with Gasteiger partial charge in [0.25, 0.3) is 0 Å². The normalized spacial score (nSPS) is 9.80. The molecule has 2 heteroatoms. The van der Waals surface area contributed by atoms with Crippen LogP contribution in [0.1, 0.15) is 6.92 Å². The second-order valence-electron chi connectivity index (χ2n) is 1.86. The molecule has 0 saturated carbocycles. The number of halogens is 1. The molecule has 0 heterocycles. The van der Waals surface area contributed by atoms with Crippen LogP contribution in [0, 0.1) is 0 Å². The van der Waals surface area contributed by atoms with E-state index in [4.69, 9.17) is 0 Å². The average molecular weight is 264 g/mol. The van der Waals surface area contributed by atoms with Crippen LogP contribution in [-0.2, 0) is 0 Å². The fourth-order valence-corrected chi connectivity index (χ4v) is 3.05. The second-order valence-corrected chi connectivity index (χ2v) is 5.46. The first kappa shape index (κ1) is 8.32. The molecule has 0 N–H and O–H groups in total. The Kier molecular flexibility index (Phi) is 3.47. The molecule has 0 aromatic heterocycles. The van der Waals surface area contributed by atoms with Gasteiger partial charge in [0.1, 0.15) is 0 Å². The predicted molar refractivity (Wildman–Crippen MR) is 50.0 cm³/mol. The molecule has 0 radical (unpaired) electrons. The third kappa shape index (κ3) is 2.12. The van der Waals surface area contributed by atoms with Gasteiger partial charge in [0.15, 0.2) is 0 Å². The van der Waals surface area contributed by atoms with E-state index in [0.717, 1.165) is 0 Å². The molecule has 0 amide bonds. The van der Waals surface area contributed by atoms with Crippen molar-refractivity contribution in [2.45, 2.75) is 12.2 Å². The first-order chi connectivity index (χ1) is 4.84. The Morgan fingerprint density at radius 1 is 1.40 bits per heavy atom. The molecule has 0 saturated heterocycles. The molecule has 0 bridgehead atoms. The van der Waals surface area contributed by atoms with Crippen LogP contribution in [-0.4, -0.2) is 15.0 Å². The summed E-state index contributed by atoms with van der Waals surface area (Å²) >= 11 is 4.17. The van der Waals surface area contributed by atoms with E-state index in [2.05, 4.69) is 47.1 Å². The third-order valence-corrected chi connectivity index (χ3v) is 4.42. The molecule has 1 aromatic rings. The maximum atomic E-state index is 3.51. The summed E-state index contributed by atoms with van der Waals surface area (Å²) in [5.74, 6) is 0. The Labute approximate surface area is 76.3 Å². The van der Waals surface area contributed by atoms with Crippen molar-refractivity contribution < 1.29 is 0 Å². The molecular weight excluding hydrogens is 255 g/mol. The number of rotatable bonds is 2. The molecule has 54 valence electrons.